The molecule has 0 aliphatic rings. The Labute approximate surface area is 172 Å². The molecule has 0 unspecified atom stereocenters. The summed E-state index contributed by atoms with van der Waals surface area (Å²) in [5.41, 5.74) is 0. The maximum atomic E-state index is 12.0. The molecule has 0 aliphatic heterocycles. The monoisotopic (exact) mass is 430 g/mol. The lowest BCUT2D eigenvalue weighted by Crippen LogP contribution is -2.14. The molecule has 0 saturated heterocycles. The van der Waals surface area contributed by atoms with Crippen molar-refractivity contribution < 1.29 is 23.7 Å². The Kier molecular flexibility index (Phi) is 8.58. The van der Waals surface area contributed by atoms with Crippen LogP contribution in [0.2, 0.25) is 15.1 Å². The highest BCUT2D eigenvalue weighted by molar-refractivity contribution is 6.43. The molecule has 0 atom stereocenters. The van der Waals surface area contributed by atoms with E-state index >= 15 is 0 Å². The third kappa shape index (κ3) is 6.86. The first kappa shape index (κ1) is 21.2. The summed E-state index contributed by atoms with van der Waals surface area (Å²) in [6.07, 6.45) is 1.19. The van der Waals surface area contributed by atoms with Gasteiger partial charge < -0.3 is 18.9 Å². The van der Waals surface area contributed by atoms with Gasteiger partial charge in [0.15, 0.2) is 0 Å². The van der Waals surface area contributed by atoms with Crippen LogP contribution in [-0.4, -0.2) is 25.8 Å². The average Bonchev–Trinajstić information content (AvgIpc) is 2.65. The molecule has 0 heterocycles. The summed E-state index contributed by atoms with van der Waals surface area (Å²) in [7, 11) is 0. The first-order valence-corrected chi connectivity index (χ1v) is 9.13. The average molecular weight is 432 g/mol. The third-order valence-corrected chi connectivity index (χ3v) is 4.09. The van der Waals surface area contributed by atoms with Crippen molar-refractivity contribution in [2.24, 2.45) is 0 Å². The van der Waals surface area contributed by atoms with E-state index in [1.165, 1.54) is 18.4 Å². The van der Waals surface area contributed by atoms with E-state index in [-0.39, 0.29) is 25.6 Å². The molecule has 0 N–H and O–H groups in total. The molecule has 2 aromatic rings. The van der Waals surface area contributed by atoms with Crippen molar-refractivity contribution in [3.63, 3.8) is 0 Å². The highest BCUT2D eigenvalue weighted by Crippen LogP contribution is 2.33. The molecule has 0 aliphatic carbocycles. The number of rotatable bonds is 9. The van der Waals surface area contributed by atoms with Crippen LogP contribution in [0.4, 0.5) is 0 Å². The van der Waals surface area contributed by atoms with Crippen molar-refractivity contribution in [3.05, 3.63) is 69.6 Å². The molecular weight excluding hydrogens is 415 g/mol. The molecule has 2 aromatic carbocycles. The molecule has 2 rings (SSSR count). The summed E-state index contributed by atoms with van der Waals surface area (Å²) in [6, 6.07) is 11.8. The van der Waals surface area contributed by atoms with Gasteiger partial charge in [0, 0.05) is 6.07 Å². The number of hydrogen-bond acceptors (Lipinski definition) is 5. The van der Waals surface area contributed by atoms with Crippen LogP contribution in [0.3, 0.4) is 0 Å². The summed E-state index contributed by atoms with van der Waals surface area (Å²) in [5.74, 6) is 0.162. The molecule has 27 heavy (non-hydrogen) atoms. The van der Waals surface area contributed by atoms with Gasteiger partial charge >= 0.3 is 5.97 Å². The molecule has 0 aromatic heterocycles. The van der Waals surface area contributed by atoms with Gasteiger partial charge in [-0.3, -0.25) is 0 Å². The fraction of sp³-hybridized carbons (Fsp3) is 0.211. The van der Waals surface area contributed by atoms with Gasteiger partial charge in [-0.15, -0.1) is 0 Å². The summed E-state index contributed by atoms with van der Waals surface area (Å²) >= 11 is 17.8. The molecule has 0 amide bonds. The second-order valence-corrected chi connectivity index (χ2v) is 6.26. The maximum absolute atomic E-state index is 12.0. The van der Waals surface area contributed by atoms with Gasteiger partial charge in [0.2, 0.25) is 5.76 Å². The molecule has 0 fully saturated rings. The van der Waals surface area contributed by atoms with Crippen molar-refractivity contribution in [2.45, 2.75) is 6.92 Å². The lowest BCUT2D eigenvalue weighted by atomic mass is 10.3. The normalized spacial score (nSPS) is 11.0. The Balaban J connectivity index is 1.92. The Hall–Kier alpha value is -2.08. The Morgan fingerprint density at radius 1 is 1.00 bits per heavy atom. The van der Waals surface area contributed by atoms with E-state index in [1.54, 1.807) is 31.2 Å². The van der Waals surface area contributed by atoms with Crippen molar-refractivity contribution in [2.75, 3.05) is 19.8 Å². The molecule has 8 heteroatoms. The van der Waals surface area contributed by atoms with E-state index < -0.39 is 5.97 Å². The van der Waals surface area contributed by atoms with Crippen LogP contribution in [0.25, 0.3) is 0 Å². The van der Waals surface area contributed by atoms with Crippen LogP contribution < -0.4 is 9.47 Å². The fourth-order valence-electron chi connectivity index (χ4n) is 1.88. The number of para-hydroxylation sites is 1. The fourth-order valence-corrected chi connectivity index (χ4v) is 2.47. The molecule has 144 valence electrons. The van der Waals surface area contributed by atoms with Crippen molar-refractivity contribution >= 4 is 40.8 Å². The number of benzene rings is 2. The van der Waals surface area contributed by atoms with Gasteiger partial charge in [-0.05, 0) is 25.1 Å². The van der Waals surface area contributed by atoms with Gasteiger partial charge in [-0.25, -0.2) is 4.79 Å². The van der Waals surface area contributed by atoms with Crippen molar-refractivity contribution in [1.82, 2.24) is 0 Å². The van der Waals surface area contributed by atoms with Crippen molar-refractivity contribution in [3.8, 4) is 11.5 Å². The smallest absolute Gasteiger partial charge is 0.377 e. The first-order chi connectivity index (χ1) is 13.0. The highest BCUT2D eigenvalue weighted by Gasteiger charge is 2.14. The van der Waals surface area contributed by atoms with Gasteiger partial charge in [0.25, 0.3) is 0 Å². The topological polar surface area (TPSA) is 54.0 Å². The van der Waals surface area contributed by atoms with Crippen LogP contribution in [0, 0.1) is 0 Å². The van der Waals surface area contributed by atoms with Crippen molar-refractivity contribution in [1.29, 1.82) is 0 Å². The minimum Gasteiger partial charge on any atom is -0.493 e. The second-order valence-electron chi connectivity index (χ2n) is 5.03. The number of hydrogen-bond donors (Lipinski definition) is 0. The minimum atomic E-state index is -0.630. The summed E-state index contributed by atoms with van der Waals surface area (Å²) in [6.45, 7) is 2.22. The predicted molar refractivity (Wildman–Crippen MR) is 105 cm³/mol. The number of carbonyl (C=O) groups excluding carboxylic acids is 1. The largest absolute Gasteiger partial charge is 0.493 e. The van der Waals surface area contributed by atoms with Crippen LogP contribution in [-0.2, 0) is 14.3 Å². The van der Waals surface area contributed by atoms with Gasteiger partial charge in [-0.1, -0.05) is 53.0 Å². The van der Waals surface area contributed by atoms with Gasteiger partial charge in [0.05, 0.1) is 21.7 Å². The second kappa shape index (κ2) is 10.9. The Morgan fingerprint density at radius 3 is 2.41 bits per heavy atom. The molecule has 0 radical (unpaired) electrons. The zero-order valence-corrected chi connectivity index (χ0v) is 16.7. The Morgan fingerprint density at radius 2 is 1.70 bits per heavy atom. The van der Waals surface area contributed by atoms with E-state index in [2.05, 4.69) is 0 Å². The van der Waals surface area contributed by atoms with E-state index in [0.717, 1.165) is 0 Å². The number of esters is 1. The molecule has 0 saturated carbocycles. The van der Waals surface area contributed by atoms with E-state index in [9.17, 15) is 4.79 Å². The van der Waals surface area contributed by atoms with E-state index in [4.69, 9.17) is 53.8 Å². The molecular formula is C19H17Cl3O5. The van der Waals surface area contributed by atoms with Crippen LogP contribution in [0.1, 0.15) is 6.92 Å². The lowest BCUT2D eigenvalue weighted by molar-refractivity contribution is -0.141. The standard InChI is InChI=1S/C19H17Cl3O5/c1-2-25-19(23)18(27-13-6-4-3-5-7-13)12-24-8-9-26-17-11-15(21)14(20)10-16(17)22/h3-7,10-12H,2,8-9H2,1H3/b18-12+. The first-order valence-electron chi connectivity index (χ1n) is 8.00. The minimum absolute atomic E-state index is 0.0735. The van der Waals surface area contributed by atoms with Crippen LogP contribution in [0.15, 0.2) is 54.5 Å². The summed E-state index contributed by atoms with van der Waals surface area (Å²) in [4.78, 5) is 12.0. The summed E-state index contributed by atoms with van der Waals surface area (Å²) < 4.78 is 21.3. The zero-order valence-electron chi connectivity index (χ0n) is 14.4. The molecule has 0 spiro atoms. The molecule has 5 nitrogen and oxygen atoms in total. The van der Waals surface area contributed by atoms with Gasteiger partial charge in [-0.2, -0.15) is 0 Å². The number of ether oxygens (including phenoxy) is 4. The Bertz CT molecular complexity index is 793. The van der Waals surface area contributed by atoms with Gasteiger partial charge in [0.1, 0.15) is 31.0 Å². The van der Waals surface area contributed by atoms with E-state index in [0.29, 0.717) is 26.6 Å². The van der Waals surface area contributed by atoms with Crippen LogP contribution >= 0.6 is 34.8 Å². The van der Waals surface area contributed by atoms with Crippen LogP contribution in [0.5, 0.6) is 11.5 Å². The van der Waals surface area contributed by atoms with E-state index in [1.807, 2.05) is 6.07 Å². The summed E-state index contributed by atoms with van der Waals surface area (Å²) in [5, 5.41) is 1.00. The quantitative estimate of drug-likeness (QED) is 0.172. The SMILES string of the molecule is CCOC(=O)/C(=C\OCCOc1cc(Cl)c(Cl)cc1Cl)Oc1ccccc1. The maximum Gasteiger partial charge on any atom is 0.377 e. The highest BCUT2D eigenvalue weighted by atomic mass is 35.5. The number of halogens is 3. The zero-order chi connectivity index (χ0) is 19.6. The third-order valence-electron chi connectivity index (χ3n) is 3.07. The lowest BCUT2D eigenvalue weighted by Gasteiger charge is -2.11. The molecule has 0 bridgehead atoms. The predicted octanol–water partition coefficient (Wildman–Crippen LogP) is 5.53. The number of carbonyl (C=O) groups is 1.